The van der Waals surface area contributed by atoms with Gasteiger partial charge in [-0.15, -0.1) is 0 Å². The number of ether oxygens (including phenoxy) is 1. The van der Waals surface area contributed by atoms with Crippen LogP contribution in [0.25, 0.3) is 27.8 Å². The zero-order chi connectivity index (χ0) is 19.7. The Hall–Kier alpha value is -3.60. The molecule has 0 saturated heterocycles. The van der Waals surface area contributed by atoms with E-state index in [1.165, 1.54) is 0 Å². The zero-order valence-corrected chi connectivity index (χ0v) is 15.7. The standard InChI is InChI=1S/C23H20N2O3/c1-15-3-9-19(22(11-15)28-2)17-6-10-21-20(13-17)24-14-25(21)18-7-4-16(5-8-18)12-23(26)27/h3-11,13-14H,12H2,1-2H3,(H,26,27). The minimum absolute atomic E-state index is 0.0205. The van der Waals surface area contributed by atoms with Crippen molar-refractivity contribution in [1.82, 2.24) is 9.55 Å². The van der Waals surface area contributed by atoms with E-state index in [2.05, 4.69) is 29.2 Å². The number of methoxy groups -OCH3 is 1. The number of carboxylic acids is 1. The number of aromatic nitrogens is 2. The van der Waals surface area contributed by atoms with Crippen molar-refractivity contribution in [2.24, 2.45) is 0 Å². The second-order valence-electron chi connectivity index (χ2n) is 6.76. The number of carbonyl (C=O) groups is 1. The molecule has 1 heterocycles. The van der Waals surface area contributed by atoms with Crippen molar-refractivity contribution < 1.29 is 14.6 Å². The molecule has 5 nitrogen and oxygen atoms in total. The van der Waals surface area contributed by atoms with E-state index in [0.717, 1.165) is 44.7 Å². The van der Waals surface area contributed by atoms with Crippen LogP contribution in [0.15, 0.2) is 67.0 Å². The highest BCUT2D eigenvalue weighted by Crippen LogP contribution is 2.33. The van der Waals surface area contributed by atoms with Crippen LogP contribution in [-0.4, -0.2) is 27.7 Å². The fraction of sp³-hybridized carbons (Fsp3) is 0.130. The third kappa shape index (κ3) is 3.34. The van der Waals surface area contributed by atoms with Crippen molar-refractivity contribution in [3.63, 3.8) is 0 Å². The first kappa shape index (κ1) is 17.8. The van der Waals surface area contributed by atoms with Crippen molar-refractivity contribution in [2.45, 2.75) is 13.3 Å². The predicted octanol–water partition coefficient (Wildman–Crippen LogP) is 4.64. The minimum atomic E-state index is -0.833. The second-order valence-corrected chi connectivity index (χ2v) is 6.76. The fourth-order valence-corrected chi connectivity index (χ4v) is 3.37. The van der Waals surface area contributed by atoms with Crippen molar-refractivity contribution in [3.05, 3.63) is 78.1 Å². The first-order valence-electron chi connectivity index (χ1n) is 8.98. The van der Waals surface area contributed by atoms with Gasteiger partial charge in [0, 0.05) is 11.3 Å². The smallest absolute Gasteiger partial charge is 0.307 e. The number of benzene rings is 3. The summed E-state index contributed by atoms with van der Waals surface area (Å²) in [6.45, 7) is 2.04. The molecule has 28 heavy (non-hydrogen) atoms. The molecule has 0 aliphatic rings. The van der Waals surface area contributed by atoms with Crippen LogP contribution in [0.2, 0.25) is 0 Å². The summed E-state index contributed by atoms with van der Waals surface area (Å²) in [5.74, 6) is 0.00713. The summed E-state index contributed by atoms with van der Waals surface area (Å²) in [6.07, 6.45) is 1.81. The summed E-state index contributed by atoms with van der Waals surface area (Å²) >= 11 is 0. The number of imidazole rings is 1. The van der Waals surface area contributed by atoms with Crippen molar-refractivity contribution >= 4 is 17.0 Å². The lowest BCUT2D eigenvalue weighted by Crippen LogP contribution is -2.00. The third-order valence-electron chi connectivity index (χ3n) is 4.79. The molecule has 0 radical (unpaired) electrons. The molecule has 4 rings (SSSR count). The Morgan fingerprint density at radius 1 is 1.07 bits per heavy atom. The highest BCUT2D eigenvalue weighted by molar-refractivity contribution is 5.85. The number of carboxylic acid groups (broad SMARTS) is 1. The first-order valence-corrected chi connectivity index (χ1v) is 8.98. The van der Waals surface area contributed by atoms with E-state index in [9.17, 15) is 4.79 Å². The maximum absolute atomic E-state index is 10.8. The zero-order valence-electron chi connectivity index (χ0n) is 15.7. The monoisotopic (exact) mass is 372 g/mol. The van der Waals surface area contributed by atoms with Crippen LogP contribution in [0.3, 0.4) is 0 Å². The molecule has 0 atom stereocenters. The van der Waals surface area contributed by atoms with Gasteiger partial charge in [0.2, 0.25) is 0 Å². The Balaban J connectivity index is 1.72. The first-order chi connectivity index (χ1) is 13.5. The molecule has 0 aliphatic heterocycles. The third-order valence-corrected chi connectivity index (χ3v) is 4.79. The summed E-state index contributed by atoms with van der Waals surface area (Å²) in [5.41, 5.74) is 6.81. The number of aliphatic carboxylic acids is 1. The molecule has 0 unspecified atom stereocenters. The number of rotatable bonds is 5. The van der Waals surface area contributed by atoms with Gasteiger partial charge in [-0.25, -0.2) is 4.98 Å². The van der Waals surface area contributed by atoms with Crippen LogP contribution in [0.5, 0.6) is 5.75 Å². The maximum Gasteiger partial charge on any atom is 0.307 e. The molecule has 3 aromatic carbocycles. The average molecular weight is 372 g/mol. The van der Waals surface area contributed by atoms with Gasteiger partial charge in [-0.05, 0) is 53.9 Å². The number of fused-ring (bicyclic) bond motifs is 1. The van der Waals surface area contributed by atoms with Gasteiger partial charge in [0.25, 0.3) is 0 Å². The summed E-state index contributed by atoms with van der Waals surface area (Å²) < 4.78 is 7.53. The molecule has 0 bridgehead atoms. The molecule has 1 aromatic heterocycles. The molecule has 0 fully saturated rings. The Morgan fingerprint density at radius 3 is 2.57 bits per heavy atom. The largest absolute Gasteiger partial charge is 0.496 e. The van der Waals surface area contributed by atoms with Crippen molar-refractivity contribution in [2.75, 3.05) is 7.11 Å². The molecule has 140 valence electrons. The Labute approximate surface area is 162 Å². The van der Waals surface area contributed by atoms with Crippen LogP contribution >= 0.6 is 0 Å². The SMILES string of the molecule is COc1cc(C)ccc1-c1ccc2c(c1)ncn2-c1ccc(CC(=O)O)cc1. The molecule has 0 spiro atoms. The minimum Gasteiger partial charge on any atom is -0.496 e. The van der Waals surface area contributed by atoms with Gasteiger partial charge < -0.3 is 9.84 Å². The van der Waals surface area contributed by atoms with Gasteiger partial charge in [0.05, 0.1) is 24.6 Å². The molecule has 0 saturated carbocycles. The molecular weight excluding hydrogens is 352 g/mol. The van der Waals surface area contributed by atoms with Crippen LogP contribution in [0.1, 0.15) is 11.1 Å². The van der Waals surface area contributed by atoms with Gasteiger partial charge >= 0.3 is 5.97 Å². The number of aryl methyl sites for hydroxylation is 1. The molecular formula is C23H20N2O3. The summed E-state index contributed by atoms with van der Waals surface area (Å²) in [6, 6.07) is 19.8. The van der Waals surface area contributed by atoms with Crippen LogP contribution in [0, 0.1) is 6.92 Å². The Bertz CT molecular complexity index is 1160. The van der Waals surface area contributed by atoms with E-state index in [4.69, 9.17) is 9.84 Å². The number of hydrogen-bond acceptors (Lipinski definition) is 3. The highest BCUT2D eigenvalue weighted by atomic mass is 16.5. The Morgan fingerprint density at radius 2 is 1.86 bits per heavy atom. The van der Waals surface area contributed by atoms with E-state index in [0.29, 0.717) is 0 Å². The fourth-order valence-electron chi connectivity index (χ4n) is 3.37. The van der Waals surface area contributed by atoms with Gasteiger partial charge in [0.15, 0.2) is 0 Å². The van der Waals surface area contributed by atoms with Crippen molar-refractivity contribution in [3.8, 4) is 22.6 Å². The predicted molar refractivity (Wildman–Crippen MR) is 109 cm³/mol. The van der Waals surface area contributed by atoms with Gasteiger partial charge in [-0.3, -0.25) is 9.36 Å². The van der Waals surface area contributed by atoms with Crippen LogP contribution < -0.4 is 4.74 Å². The van der Waals surface area contributed by atoms with E-state index in [-0.39, 0.29) is 6.42 Å². The number of nitrogens with zero attached hydrogens (tertiary/aromatic N) is 2. The average Bonchev–Trinajstić information content (AvgIpc) is 3.11. The molecule has 5 heteroatoms. The van der Waals surface area contributed by atoms with E-state index in [1.54, 1.807) is 13.4 Å². The summed E-state index contributed by atoms with van der Waals surface area (Å²) in [5, 5.41) is 8.91. The molecule has 1 N–H and O–H groups in total. The second kappa shape index (κ2) is 7.19. The van der Waals surface area contributed by atoms with Crippen LogP contribution in [-0.2, 0) is 11.2 Å². The lowest BCUT2D eigenvalue weighted by molar-refractivity contribution is -0.136. The number of hydrogen-bond donors (Lipinski definition) is 1. The maximum atomic E-state index is 10.8. The molecule has 0 amide bonds. The highest BCUT2D eigenvalue weighted by Gasteiger charge is 2.10. The summed E-state index contributed by atoms with van der Waals surface area (Å²) in [7, 11) is 1.68. The topological polar surface area (TPSA) is 64.4 Å². The quantitative estimate of drug-likeness (QED) is 0.554. The van der Waals surface area contributed by atoms with E-state index in [1.807, 2.05) is 47.9 Å². The van der Waals surface area contributed by atoms with Crippen LogP contribution in [0.4, 0.5) is 0 Å². The van der Waals surface area contributed by atoms with Crippen molar-refractivity contribution in [1.29, 1.82) is 0 Å². The normalized spacial score (nSPS) is 10.9. The van der Waals surface area contributed by atoms with Gasteiger partial charge in [-0.1, -0.05) is 30.3 Å². The summed E-state index contributed by atoms with van der Waals surface area (Å²) in [4.78, 5) is 15.4. The lowest BCUT2D eigenvalue weighted by atomic mass is 10.0. The molecule has 4 aromatic rings. The van der Waals surface area contributed by atoms with E-state index >= 15 is 0 Å². The van der Waals surface area contributed by atoms with E-state index < -0.39 is 5.97 Å². The molecule has 0 aliphatic carbocycles. The van der Waals surface area contributed by atoms with Gasteiger partial charge in [0.1, 0.15) is 12.1 Å². The Kier molecular flexibility index (Phi) is 4.57. The lowest BCUT2D eigenvalue weighted by Gasteiger charge is -2.10. The van der Waals surface area contributed by atoms with Gasteiger partial charge in [-0.2, -0.15) is 0 Å².